The van der Waals surface area contributed by atoms with E-state index < -0.39 is 12.6 Å². The molecule has 0 saturated carbocycles. The molecule has 0 amide bonds. The molecule has 1 rings (SSSR count). The number of amidine groups is 1. The lowest BCUT2D eigenvalue weighted by atomic mass is 10.2. The van der Waals surface area contributed by atoms with Crippen molar-refractivity contribution in [2.45, 2.75) is 32.5 Å². The number of oxime groups is 1. The number of aryl methyl sites for hydroxylation is 1. The van der Waals surface area contributed by atoms with Gasteiger partial charge >= 0.3 is 6.18 Å². The first kappa shape index (κ1) is 16.7. The fraction of sp³-hybridized carbons (Fsp3) is 0.417. The smallest absolute Gasteiger partial charge is 0.382 e. The van der Waals surface area contributed by atoms with E-state index in [1.54, 1.807) is 6.92 Å². The minimum Gasteiger partial charge on any atom is -0.382 e. The molecule has 0 fully saturated rings. The maximum Gasteiger partial charge on any atom is 0.390 e. The summed E-state index contributed by atoms with van der Waals surface area (Å²) in [5.41, 5.74) is 6.12. The fourth-order valence-electron chi connectivity index (χ4n) is 1.58. The number of rotatable bonds is 7. The molecule has 0 saturated heterocycles. The third-order valence-electron chi connectivity index (χ3n) is 2.53. The van der Waals surface area contributed by atoms with Crippen molar-refractivity contribution < 1.29 is 18.0 Å². The minimum absolute atomic E-state index is 0.0897. The Morgan fingerprint density at radius 3 is 2.76 bits per heavy atom. The standard InChI is InChI=1S/C12H16F3N5O/c1-3-8(19-21-4-2)10-7-9(11(16)17)18-20(10)6-5-12(13,14)15/h4,7H,2-3,5-6H2,1H3,(H3,16,17)/b19-8+. The summed E-state index contributed by atoms with van der Waals surface area (Å²) in [5.74, 6) is -0.331. The predicted molar refractivity (Wildman–Crippen MR) is 72.0 cm³/mol. The van der Waals surface area contributed by atoms with E-state index >= 15 is 0 Å². The second kappa shape index (κ2) is 6.91. The predicted octanol–water partition coefficient (Wildman–Crippen LogP) is 2.39. The molecule has 6 nitrogen and oxygen atoms in total. The van der Waals surface area contributed by atoms with Crippen LogP contribution in [0.25, 0.3) is 0 Å². The lowest BCUT2D eigenvalue weighted by molar-refractivity contribution is -0.137. The average molecular weight is 303 g/mol. The van der Waals surface area contributed by atoms with Crippen LogP contribution >= 0.6 is 0 Å². The van der Waals surface area contributed by atoms with Crippen LogP contribution < -0.4 is 5.73 Å². The van der Waals surface area contributed by atoms with Gasteiger partial charge in [-0.2, -0.15) is 18.3 Å². The molecular weight excluding hydrogens is 287 g/mol. The average Bonchev–Trinajstić information content (AvgIpc) is 2.81. The summed E-state index contributed by atoms with van der Waals surface area (Å²) in [6, 6.07) is 1.41. The lowest BCUT2D eigenvalue weighted by Gasteiger charge is -2.10. The molecule has 0 unspecified atom stereocenters. The molecule has 0 aliphatic carbocycles. The highest BCUT2D eigenvalue weighted by Crippen LogP contribution is 2.21. The van der Waals surface area contributed by atoms with Gasteiger partial charge in [-0.05, 0) is 12.5 Å². The van der Waals surface area contributed by atoms with Crippen LogP contribution in [0, 0.1) is 5.41 Å². The molecule has 0 aliphatic heterocycles. The van der Waals surface area contributed by atoms with Crippen molar-refractivity contribution in [3.05, 3.63) is 30.3 Å². The minimum atomic E-state index is -4.30. The van der Waals surface area contributed by atoms with E-state index in [2.05, 4.69) is 16.8 Å². The molecule has 0 aromatic carbocycles. The first-order valence-corrected chi connectivity index (χ1v) is 6.11. The maximum absolute atomic E-state index is 12.3. The number of hydrogen-bond acceptors (Lipinski definition) is 4. The van der Waals surface area contributed by atoms with Crippen molar-refractivity contribution in [3.63, 3.8) is 0 Å². The van der Waals surface area contributed by atoms with Crippen LogP contribution in [-0.4, -0.2) is 27.5 Å². The summed E-state index contributed by atoms with van der Waals surface area (Å²) in [6.45, 7) is 4.70. The Morgan fingerprint density at radius 2 is 2.29 bits per heavy atom. The van der Waals surface area contributed by atoms with Crippen LogP contribution in [0.2, 0.25) is 0 Å². The van der Waals surface area contributed by atoms with E-state index in [9.17, 15) is 13.2 Å². The number of halogens is 3. The number of nitrogens with one attached hydrogen (secondary N) is 1. The normalized spacial score (nSPS) is 12.3. The number of alkyl halides is 3. The molecule has 0 atom stereocenters. The van der Waals surface area contributed by atoms with Crippen LogP contribution in [0.5, 0.6) is 0 Å². The number of aromatic nitrogens is 2. The van der Waals surface area contributed by atoms with Gasteiger partial charge in [0.05, 0.1) is 18.7 Å². The van der Waals surface area contributed by atoms with Crippen LogP contribution in [0.1, 0.15) is 31.2 Å². The quantitative estimate of drug-likeness (QED) is 0.351. The molecule has 21 heavy (non-hydrogen) atoms. The highest BCUT2D eigenvalue weighted by molar-refractivity contribution is 6.01. The van der Waals surface area contributed by atoms with Crippen LogP contribution in [0.15, 0.2) is 24.1 Å². The van der Waals surface area contributed by atoms with Gasteiger partial charge in [0.1, 0.15) is 23.5 Å². The van der Waals surface area contributed by atoms with E-state index in [0.29, 0.717) is 17.8 Å². The third kappa shape index (κ3) is 4.93. The second-order valence-electron chi connectivity index (χ2n) is 4.08. The molecule has 0 spiro atoms. The molecule has 1 aromatic rings. The number of nitrogens with zero attached hydrogens (tertiary/aromatic N) is 3. The van der Waals surface area contributed by atoms with Crippen LogP contribution in [-0.2, 0) is 11.4 Å². The van der Waals surface area contributed by atoms with Gasteiger partial charge in [0.25, 0.3) is 0 Å². The Hall–Kier alpha value is -2.32. The molecule has 1 aromatic heterocycles. The number of nitrogens with two attached hydrogens (primary N) is 1. The summed E-state index contributed by atoms with van der Waals surface area (Å²) in [7, 11) is 0. The summed E-state index contributed by atoms with van der Waals surface area (Å²) in [5, 5.41) is 15.0. The first-order valence-electron chi connectivity index (χ1n) is 6.11. The van der Waals surface area contributed by atoms with Gasteiger partial charge in [-0.1, -0.05) is 18.7 Å². The molecule has 1 heterocycles. The van der Waals surface area contributed by atoms with Gasteiger partial charge in [-0.3, -0.25) is 10.1 Å². The third-order valence-corrected chi connectivity index (χ3v) is 2.53. The van der Waals surface area contributed by atoms with Crippen molar-refractivity contribution in [2.75, 3.05) is 0 Å². The first-order chi connectivity index (χ1) is 9.78. The molecular formula is C12H16F3N5O. The molecule has 0 aliphatic rings. The number of nitrogen functional groups attached to an aromatic ring is 1. The maximum atomic E-state index is 12.3. The topological polar surface area (TPSA) is 89.3 Å². The van der Waals surface area contributed by atoms with E-state index in [1.807, 2.05) is 0 Å². The summed E-state index contributed by atoms with van der Waals surface area (Å²) < 4.78 is 38.2. The molecule has 116 valence electrons. The van der Waals surface area contributed by atoms with Gasteiger partial charge in [-0.15, -0.1) is 0 Å². The Labute approximate surface area is 119 Å². The Kier molecular flexibility index (Phi) is 5.51. The van der Waals surface area contributed by atoms with E-state index in [-0.39, 0.29) is 18.1 Å². The van der Waals surface area contributed by atoms with Crippen molar-refractivity contribution in [3.8, 4) is 0 Å². The molecule has 9 heteroatoms. The van der Waals surface area contributed by atoms with E-state index in [1.165, 1.54) is 6.07 Å². The Morgan fingerprint density at radius 1 is 1.62 bits per heavy atom. The van der Waals surface area contributed by atoms with Gasteiger partial charge in [0.15, 0.2) is 0 Å². The lowest BCUT2D eigenvalue weighted by Crippen LogP contribution is -2.17. The van der Waals surface area contributed by atoms with Crippen molar-refractivity contribution in [1.82, 2.24) is 9.78 Å². The molecule has 0 radical (unpaired) electrons. The largest absolute Gasteiger partial charge is 0.390 e. The second-order valence-corrected chi connectivity index (χ2v) is 4.08. The van der Waals surface area contributed by atoms with E-state index in [4.69, 9.17) is 16.0 Å². The zero-order valence-corrected chi connectivity index (χ0v) is 11.4. The SMILES string of the molecule is C=CO/N=C(\CC)c1cc(C(=N)N)nn1CCC(F)(F)F. The van der Waals surface area contributed by atoms with Gasteiger partial charge < -0.3 is 10.6 Å². The zero-order chi connectivity index (χ0) is 16.0. The Balaban J connectivity index is 3.15. The van der Waals surface area contributed by atoms with Gasteiger partial charge in [0, 0.05) is 0 Å². The van der Waals surface area contributed by atoms with Gasteiger partial charge in [0.2, 0.25) is 0 Å². The summed E-state index contributed by atoms with van der Waals surface area (Å²) >= 11 is 0. The highest BCUT2D eigenvalue weighted by Gasteiger charge is 2.28. The van der Waals surface area contributed by atoms with Crippen molar-refractivity contribution >= 4 is 11.5 Å². The van der Waals surface area contributed by atoms with Crippen LogP contribution in [0.3, 0.4) is 0 Å². The molecule has 3 N–H and O–H groups in total. The summed E-state index contributed by atoms with van der Waals surface area (Å²) in [6.07, 6.45) is -3.85. The molecule has 0 bridgehead atoms. The van der Waals surface area contributed by atoms with Crippen molar-refractivity contribution in [2.24, 2.45) is 10.9 Å². The monoisotopic (exact) mass is 303 g/mol. The zero-order valence-electron chi connectivity index (χ0n) is 11.4. The Bertz CT molecular complexity index is 548. The van der Waals surface area contributed by atoms with Crippen LogP contribution in [0.4, 0.5) is 13.2 Å². The summed E-state index contributed by atoms with van der Waals surface area (Å²) in [4.78, 5) is 4.71. The number of hydrogen-bond donors (Lipinski definition) is 2. The fourth-order valence-corrected chi connectivity index (χ4v) is 1.58. The highest BCUT2D eigenvalue weighted by atomic mass is 19.4. The van der Waals surface area contributed by atoms with Crippen molar-refractivity contribution in [1.29, 1.82) is 5.41 Å². The van der Waals surface area contributed by atoms with Gasteiger partial charge in [-0.25, -0.2) is 0 Å². The van der Waals surface area contributed by atoms with E-state index in [0.717, 1.165) is 10.9 Å².